The van der Waals surface area contributed by atoms with Crippen LogP contribution in [0.4, 0.5) is 0 Å². The van der Waals surface area contributed by atoms with Crippen molar-refractivity contribution in [2.75, 3.05) is 13.1 Å². The van der Waals surface area contributed by atoms with E-state index in [-0.39, 0.29) is 23.3 Å². The number of aromatic nitrogens is 2. The number of hydrogen-bond acceptors (Lipinski definition) is 3. The summed E-state index contributed by atoms with van der Waals surface area (Å²) in [5, 5.41) is 3.00. The molecule has 6 heteroatoms. The number of likely N-dealkylation sites (tertiary alicyclic amines) is 1. The minimum atomic E-state index is -0.182. The summed E-state index contributed by atoms with van der Waals surface area (Å²) < 4.78 is 1.95. The molecule has 3 heterocycles. The van der Waals surface area contributed by atoms with Crippen LogP contribution in [-0.4, -0.2) is 39.2 Å². The number of amides is 2. The van der Waals surface area contributed by atoms with E-state index in [1.54, 1.807) is 0 Å². The van der Waals surface area contributed by atoms with Crippen LogP contribution in [0.25, 0.3) is 5.52 Å². The Balaban J connectivity index is 1.69. The van der Waals surface area contributed by atoms with Gasteiger partial charge in [0.05, 0.1) is 11.6 Å². The Morgan fingerprint density at radius 3 is 2.57 bits per heavy atom. The van der Waals surface area contributed by atoms with Crippen LogP contribution >= 0.6 is 0 Å². The summed E-state index contributed by atoms with van der Waals surface area (Å²) in [6, 6.07) is 14.9. The number of rotatable bonds is 4. The van der Waals surface area contributed by atoms with Gasteiger partial charge >= 0.3 is 0 Å². The first-order chi connectivity index (χ1) is 14.3. The monoisotopic (exact) mass is 404 g/mol. The topological polar surface area (TPSA) is 66.7 Å². The van der Waals surface area contributed by atoms with Gasteiger partial charge in [-0.1, -0.05) is 45.0 Å². The molecular weight excluding hydrogens is 376 g/mol. The summed E-state index contributed by atoms with van der Waals surface area (Å²) in [6.07, 6.45) is 3.66. The summed E-state index contributed by atoms with van der Waals surface area (Å²) >= 11 is 0. The molecule has 1 aliphatic rings. The molecule has 1 aromatic carbocycles. The predicted molar refractivity (Wildman–Crippen MR) is 116 cm³/mol. The second kappa shape index (κ2) is 7.94. The van der Waals surface area contributed by atoms with Crippen LogP contribution in [0.2, 0.25) is 0 Å². The molecule has 2 amide bonds. The van der Waals surface area contributed by atoms with Crippen molar-refractivity contribution in [3.8, 4) is 0 Å². The van der Waals surface area contributed by atoms with Crippen molar-refractivity contribution in [3.05, 3.63) is 71.8 Å². The van der Waals surface area contributed by atoms with E-state index in [1.807, 2.05) is 64.0 Å². The van der Waals surface area contributed by atoms with Crippen LogP contribution < -0.4 is 5.32 Å². The van der Waals surface area contributed by atoms with E-state index in [4.69, 9.17) is 4.98 Å². The molecule has 1 unspecified atom stereocenters. The zero-order chi connectivity index (χ0) is 21.3. The Morgan fingerprint density at radius 1 is 1.10 bits per heavy atom. The fourth-order valence-corrected chi connectivity index (χ4v) is 3.92. The lowest BCUT2D eigenvalue weighted by molar-refractivity contribution is 0.0729. The highest BCUT2D eigenvalue weighted by molar-refractivity contribution is 5.99. The van der Waals surface area contributed by atoms with Gasteiger partial charge < -0.3 is 14.6 Å². The Labute approximate surface area is 176 Å². The van der Waals surface area contributed by atoms with Crippen molar-refractivity contribution in [2.24, 2.45) is 5.41 Å². The molecular formula is C24H28N4O2. The molecule has 3 aromatic rings. The van der Waals surface area contributed by atoms with Gasteiger partial charge in [0.2, 0.25) is 0 Å². The quantitative estimate of drug-likeness (QED) is 0.712. The third kappa shape index (κ3) is 3.95. The Morgan fingerprint density at radius 2 is 1.83 bits per heavy atom. The van der Waals surface area contributed by atoms with Crippen LogP contribution in [0, 0.1) is 5.41 Å². The van der Waals surface area contributed by atoms with Gasteiger partial charge in [-0.15, -0.1) is 0 Å². The van der Waals surface area contributed by atoms with Gasteiger partial charge in [0.1, 0.15) is 5.82 Å². The fraction of sp³-hybridized carbons (Fsp3) is 0.375. The summed E-state index contributed by atoms with van der Waals surface area (Å²) in [6.45, 7) is 7.49. The molecule has 1 atom stereocenters. The van der Waals surface area contributed by atoms with Crippen molar-refractivity contribution in [1.29, 1.82) is 0 Å². The molecule has 2 aromatic heterocycles. The number of benzene rings is 1. The number of nitrogens with one attached hydrogen (secondary N) is 1. The van der Waals surface area contributed by atoms with Crippen molar-refractivity contribution < 1.29 is 9.59 Å². The van der Waals surface area contributed by atoms with E-state index in [9.17, 15) is 9.59 Å². The second-order valence-electron chi connectivity index (χ2n) is 9.04. The lowest BCUT2D eigenvalue weighted by Crippen LogP contribution is -2.33. The van der Waals surface area contributed by atoms with Crippen molar-refractivity contribution in [1.82, 2.24) is 19.6 Å². The maximum Gasteiger partial charge on any atom is 0.272 e. The number of fused-ring (bicyclic) bond motifs is 1. The number of pyridine rings is 1. The van der Waals surface area contributed by atoms with E-state index in [1.165, 1.54) is 0 Å². The molecule has 1 saturated heterocycles. The zero-order valence-electron chi connectivity index (χ0n) is 17.8. The molecule has 0 spiro atoms. The molecule has 156 valence electrons. The van der Waals surface area contributed by atoms with Crippen molar-refractivity contribution in [2.45, 2.75) is 39.7 Å². The van der Waals surface area contributed by atoms with Crippen LogP contribution in [-0.2, 0) is 0 Å². The molecule has 6 nitrogen and oxygen atoms in total. The lowest BCUT2D eigenvalue weighted by atomic mass is 9.97. The lowest BCUT2D eigenvalue weighted by Gasteiger charge is -2.24. The average Bonchev–Trinajstić information content (AvgIpc) is 3.36. The average molecular weight is 405 g/mol. The SMILES string of the molecule is CC(C)(C)CNC(=O)c1nc(C2CCCN2C(=O)c2ccccc2)n2ccccc12. The Hall–Kier alpha value is -3.15. The predicted octanol–water partition coefficient (Wildman–Crippen LogP) is 4.09. The molecule has 30 heavy (non-hydrogen) atoms. The summed E-state index contributed by atoms with van der Waals surface area (Å²) in [5.74, 6) is 0.566. The van der Waals surface area contributed by atoms with Crippen LogP contribution in [0.5, 0.6) is 0 Å². The molecule has 0 saturated carbocycles. The van der Waals surface area contributed by atoms with Gasteiger partial charge in [-0.25, -0.2) is 4.98 Å². The van der Waals surface area contributed by atoms with Crippen LogP contribution in [0.3, 0.4) is 0 Å². The third-order valence-electron chi connectivity index (χ3n) is 5.40. The molecule has 0 radical (unpaired) electrons. The minimum Gasteiger partial charge on any atom is -0.350 e. The van der Waals surface area contributed by atoms with Gasteiger partial charge in [0, 0.05) is 24.8 Å². The number of imidazole rings is 1. The highest BCUT2D eigenvalue weighted by Crippen LogP contribution is 2.33. The highest BCUT2D eigenvalue weighted by atomic mass is 16.2. The molecule has 1 fully saturated rings. The van der Waals surface area contributed by atoms with E-state index >= 15 is 0 Å². The van der Waals surface area contributed by atoms with Gasteiger partial charge in [0.25, 0.3) is 11.8 Å². The first-order valence-corrected chi connectivity index (χ1v) is 10.5. The van der Waals surface area contributed by atoms with Gasteiger partial charge in [-0.2, -0.15) is 0 Å². The largest absolute Gasteiger partial charge is 0.350 e. The number of hydrogen-bond donors (Lipinski definition) is 1. The first-order valence-electron chi connectivity index (χ1n) is 10.5. The normalized spacial score (nSPS) is 16.8. The van der Waals surface area contributed by atoms with Gasteiger partial charge in [0.15, 0.2) is 5.69 Å². The summed E-state index contributed by atoms with van der Waals surface area (Å²) in [5.41, 5.74) is 1.83. The summed E-state index contributed by atoms with van der Waals surface area (Å²) in [7, 11) is 0. The molecule has 1 aliphatic heterocycles. The second-order valence-corrected chi connectivity index (χ2v) is 9.04. The summed E-state index contributed by atoms with van der Waals surface area (Å²) in [4.78, 5) is 32.7. The van der Waals surface area contributed by atoms with E-state index in [0.29, 0.717) is 24.3 Å². The smallest absolute Gasteiger partial charge is 0.272 e. The number of carbonyl (C=O) groups is 2. The molecule has 0 bridgehead atoms. The number of nitrogens with zero attached hydrogens (tertiary/aromatic N) is 3. The van der Waals surface area contributed by atoms with Crippen LogP contribution in [0.1, 0.15) is 66.3 Å². The molecule has 1 N–H and O–H groups in total. The van der Waals surface area contributed by atoms with E-state index in [2.05, 4.69) is 26.1 Å². The molecule has 0 aliphatic carbocycles. The standard InChI is InChI=1S/C24H28N4O2/c1-24(2,3)16-25-22(29)20-18-12-7-8-14-27(18)21(26-20)19-13-9-15-28(19)23(30)17-10-5-4-6-11-17/h4-8,10-12,14,19H,9,13,15-16H2,1-3H3,(H,25,29). The maximum atomic E-state index is 13.1. The first kappa shape index (κ1) is 20.1. The minimum absolute atomic E-state index is 0.00418. The van der Waals surface area contributed by atoms with Crippen LogP contribution in [0.15, 0.2) is 54.7 Å². The van der Waals surface area contributed by atoms with Gasteiger partial charge in [-0.3, -0.25) is 9.59 Å². The fourth-order valence-electron chi connectivity index (χ4n) is 3.92. The molecule has 4 rings (SSSR count). The number of carbonyl (C=O) groups excluding carboxylic acids is 2. The Bertz CT molecular complexity index is 1070. The third-order valence-corrected chi connectivity index (χ3v) is 5.40. The zero-order valence-corrected chi connectivity index (χ0v) is 17.8. The van der Waals surface area contributed by atoms with E-state index in [0.717, 1.165) is 24.2 Å². The maximum absolute atomic E-state index is 13.1. The highest BCUT2D eigenvalue weighted by Gasteiger charge is 2.34. The van der Waals surface area contributed by atoms with Gasteiger partial charge in [-0.05, 0) is 42.5 Å². The van der Waals surface area contributed by atoms with Crippen molar-refractivity contribution in [3.63, 3.8) is 0 Å². The van der Waals surface area contributed by atoms with Crippen molar-refractivity contribution >= 4 is 17.3 Å². The Kier molecular flexibility index (Phi) is 5.33. The van der Waals surface area contributed by atoms with E-state index < -0.39 is 0 Å².